The number of benzene rings is 3. The minimum Gasteiger partial charge on any atom is -0.493 e. The molecule has 2 N–H and O–H groups in total. The molecule has 0 radical (unpaired) electrons. The van der Waals surface area contributed by atoms with E-state index in [0.29, 0.717) is 16.6 Å². The summed E-state index contributed by atoms with van der Waals surface area (Å²) in [5.41, 5.74) is 1.95. The second kappa shape index (κ2) is 9.33. The van der Waals surface area contributed by atoms with Crippen molar-refractivity contribution >= 4 is 39.8 Å². The number of non-ortho nitro benzene ring substituents is 1. The first-order chi connectivity index (χ1) is 16.3. The van der Waals surface area contributed by atoms with E-state index in [-0.39, 0.29) is 35.3 Å². The minimum atomic E-state index is -0.808. The van der Waals surface area contributed by atoms with Gasteiger partial charge in [0, 0.05) is 23.2 Å². The Bertz CT molecular complexity index is 1440. The second-order valence-electron chi connectivity index (χ2n) is 7.50. The Morgan fingerprint density at radius 1 is 1.06 bits per heavy atom. The molecule has 0 aliphatic carbocycles. The Kier molecular flexibility index (Phi) is 6.13. The fourth-order valence-electron chi connectivity index (χ4n) is 3.42. The lowest BCUT2D eigenvalue weighted by molar-refractivity contribution is -0.384. The highest BCUT2D eigenvalue weighted by molar-refractivity contribution is 5.99. The fraction of sp³-hybridized carbons (Fsp3) is 0.0833. The first-order valence-electron chi connectivity index (χ1n) is 10.2. The number of rotatable bonds is 6. The number of azo groups is 1. The van der Waals surface area contributed by atoms with Crippen LogP contribution in [0.5, 0.6) is 5.88 Å². The first kappa shape index (κ1) is 22.3. The Labute approximate surface area is 193 Å². The predicted molar refractivity (Wildman–Crippen MR) is 125 cm³/mol. The number of nitro benzene ring substituents is 1. The van der Waals surface area contributed by atoms with Crippen molar-refractivity contribution in [2.75, 3.05) is 5.32 Å². The van der Waals surface area contributed by atoms with Crippen molar-refractivity contribution in [3.63, 3.8) is 0 Å². The van der Waals surface area contributed by atoms with Crippen LogP contribution in [-0.2, 0) is 11.3 Å². The van der Waals surface area contributed by atoms with Crippen LogP contribution in [-0.4, -0.2) is 26.4 Å². The number of amides is 2. The molecule has 0 fully saturated rings. The summed E-state index contributed by atoms with van der Waals surface area (Å²) < 4.78 is 1.37. The van der Waals surface area contributed by atoms with Gasteiger partial charge < -0.3 is 15.0 Å². The maximum atomic E-state index is 12.6. The Morgan fingerprint density at radius 3 is 2.53 bits per heavy atom. The Hall–Kier alpha value is -4.86. The topological polar surface area (TPSA) is 139 Å². The number of hydrogen-bond donors (Lipinski definition) is 2. The lowest BCUT2D eigenvalue weighted by Gasteiger charge is -2.08. The summed E-state index contributed by atoms with van der Waals surface area (Å²) in [6.45, 7) is 1.74. The zero-order chi connectivity index (χ0) is 24.2. The average molecular weight is 457 g/mol. The molecule has 34 heavy (non-hydrogen) atoms. The highest BCUT2D eigenvalue weighted by Gasteiger charge is 2.19. The molecule has 1 aromatic heterocycles. The number of aryl methyl sites for hydroxylation is 1. The lowest BCUT2D eigenvalue weighted by Crippen LogP contribution is -2.18. The molecule has 4 aromatic rings. The van der Waals surface area contributed by atoms with E-state index in [0.717, 1.165) is 11.6 Å². The number of nitrogens with one attached hydrogen (secondary N) is 1. The first-order valence-corrected chi connectivity index (χ1v) is 10.2. The summed E-state index contributed by atoms with van der Waals surface area (Å²) in [5.74, 6) is -1.51. The van der Waals surface area contributed by atoms with Gasteiger partial charge in [0.25, 0.3) is 11.6 Å². The third-order valence-corrected chi connectivity index (χ3v) is 5.10. The van der Waals surface area contributed by atoms with Crippen LogP contribution in [0.4, 0.5) is 17.1 Å². The SMILES string of the molecule is Cc1ccc(NC(=O)Cn2c(O)c(N=NC(=O)c3cccc([N+](=O)[O-])c3)c3ccccc32)cc1. The molecule has 2 amide bonds. The van der Waals surface area contributed by atoms with Gasteiger partial charge in [-0.1, -0.05) is 42.0 Å². The van der Waals surface area contributed by atoms with Crippen LogP contribution in [0.15, 0.2) is 83.0 Å². The zero-order valence-electron chi connectivity index (χ0n) is 18.0. The smallest absolute Gasteiger partial charge is 0.295 e. The molecule has 0 saturated heterocycles. The van der Waals surface area contributed by atoms with Gasteiger partial charge in [0.2, 0.25) is 11.8 Å². The van der Waals surface area contributed by atoms with Gasteiger partial charge in [-0.25, -0.2) is 0 Å². The van der Waals surface area contributed by atoms with Gasteiger partial charge in [0.05, 0.1) is 16.0 Å². The molecule has 1 heterocycles. The molecular weight excluding hydrogens is 438 g/mol. The molecule has 0 saturated carbocycles. The molecule has 0 bridgehead atoms. The number of hydrogen-bond acceptors (Lipinski definition) is 6. The summed E-state index contributed by atoms with van der Waals surface area (Å²) >= 11 is 0. The molecule has 170 valence electrons. The van der Waals surface area contributed by atoms with Crippen molar-refractivity contribution in [3.05, 3.63) is 94.0 Å². The number of carbonyl (C=O) groups is 2. The molecular formula is C24H19N5O5. The fourth-order valence-corrected chi connectivity index (χ4v) is 3.42. The van der Waals surface area contributed by atoms with Gasteiger partial charge in [0.15, 0.2) is 5.69 Å². The van der Waals surface area contributed by atoms with Gasteiger partial charge in [-0.05, 0) is 31.2 Å². The van der Waals surface area contributed by atoms with Crippen LogP contribution < -0.4 is 5.32 Å². The standard InChI is InChI=1S/C24H19N5O5/c1-15-9-11-17(12-10-15)25-21(30)14-28-20-8-3-2-7-19(20)22(24(28)32)26-27-23(31)16-5-4-6-18(13-16)29(33)34/h2-13,32H,14H2,1H3,(H,25,30). The van der Waals surface area contributed by atoms with E-state index >= 15 is 0 Å². The molecule has 3 aromatic carbocycles. The second-order valence-corrected chi connectivity index (χ2v) is 7.50. The van der Waals surface area contributed by atoms with Gasteiger partial charge in [0.1, 0.15) is 6.54 Å². The van der Waals surface area contributed by atoms with E-state index in [4.69, 9.17) is 0 Å². The van der Waals surface area contributed by atoms with E-state index in [1.807, 2.05) is 19.1 Å². The summed E-state index contributed by atoms with van der Waals surface area (Å²) in [6.07, 6.45) is 0. The molecule has 0 atom stereocenters. The monoisotopic (exact) mass is 457 g/mol. The number of carbonyl (C=O) groups excluding carboxylic acids is 2. The molecule has 0 spiro atoms. The van der Waals surface area contributed by atoms with Crippen molar-refractivity contribution in [2.45, 2.75) is 13.5 Å². The van der Waals surface area contributed by atoms with Crippen molar-refractivity contribution in [2.24, 2.45) is 10.2 Å². The maximum Gasteiger partial charge on any atom is 0.295 e. The average Bonchev–Trinajstić information content (AvgIpc) is 3.09. The number of nitro groups is 1. The van der Waals surface area contributed by atoms with Gasteiger partial charge in [-0.2, -0.15) is 0 Å². The molecule has 0 unspecified atom stereocenters. The zero-order valence-corrected chi connectivity index (χ0v) is 18.0. The van der Waals surface area contributed by atoms with E-state index in [2.05, 4.69) is 15.5 Å². The van der Waals surface area contributed by atoms with E-state index in [1.165, 1.54) is 22.8 Å². The molecule has 10 heteroatoms. The molecule has 0 aliphatic heterocycles. The lowest BCUT2D eigenvalue weighted by atomic mass is 10.2. The summed E-state index contributed by atoms with van der Waals surface area (Å²) in [5, 5.41) is 32.5. The van der Waals surface area contributed by atoms with Gasteiger partial charge in [-0.15, -0.1) is 10.2 Å². The Balaban J connectivity index is 1.61. The molecule has 10 nitrogen and oxygen atoms in total. The number of aromatic nitrogens is 1. The van der Waals surface area contributed by atoms with E-state index in [1.54, 1.807) is 36.4 Å². The van der Waals surface area contributed by atoms with Gasteiger partial charge >= 0.3 is 0 Å². The summed E-state index contributed by atoms with van der Waals surface area (Å²) in [4.78, 5) is 35.3. The molecule has 0 aliphatic rings. The maximum absolute atomic E-state index is 12.6. The number of anilines is 1. The van der Waals surface area contributed by atoms with Crippen molar-refractivity contribution < 1.29 is 19.6 Å². The van der Waals surface area contributed by atoms with Crippen molar-refractivity contribution in [3.8, 4) is 5.88 Å². The summed E-state index contributed by atoms with van der Waals surface area (Å²) in [7, 11) is 0. The number of fused-ring (bicyclic) bond motifs is 1. The normalized spacial score (nSPS) is 11.1. The molecule has 4 rings (SSSR count). The van der Waals surface area contributed by atoms with E-state index in [9.17, 15) is 24.8 Å². The largest absolute Gasteiger partial charge is 0.493 e. The quantitative estimate of drug-likeness (QED) is 0.235. The van der Waals surface area contributed by atoms with Crippen LogP contribution in [0, 0.1) is 17.0 Å². The number of aromatic hydroxyl groups is 1. The third kappa shape index (κ3) is 4.65. The third-order valence-electron chi connectivity index (χ3n) is 5.10. The van der Waals surface area contributed by atoms with Crippen LogP contribution in [0.2, 0.25) is 0 Å². The highest BCUT2D eigenvalue weighted by atomic mass is 16.6. The van der Waals surface area contributed by atoms with Crippen molar-refractivity contribution in [1.29, 1.82) is 0 Å². The van der Waals surface area contributed by atoms with Gasteiger partial charge in [-0.3, -0.25) is 19.7 Å². The number of para-hydroxylation sites is 1. The van der Waals surface area contributed by atoms with Crippen LogP contribution >= 0.6 is 0 Å². The van der Waals surface area contributed by atoms with Crippen molar-refractivity contribution in [1.82, 2.24) is 4.57 Å². The van der Waals surface area contributed by atoms with E-state index < -0.39 is 10.8 Å². The van der Waals surface area contributed by atoms with Crippen LogP contribution in [0.3, 0.4) is 0 Å². The Morgan fingerprint density at radius 2 is 1.79 bits per heavy atom. The van der Waals surface area contributed by atoms with Crippen LogP contribution in [0.25, 0.3) is 10.9 Å². The summed E-state index contributed by atoms with van der Waals surface area (Å²) in [6, 6.07) is 19.2. The van der Waals surface area contributed by atoms with Crippen LogP contribution in [0.1, 0.15) is 15.9 Å². The predicted octanol–water partition coefficient (Wildman–Crippen LogP) is 5.13. The minimum absolute atomic E-state index is 0.0116. The highest BCUT2D eigenvalue weighted by Crippen LogP contribution is 2.38. The number of nitrogens with zero attached hydrogens (tertiary/aromatic N) is 4.